The van der Waals surface area contributed by atoms with E-state index >= 15 is 0 Å². The summed E-state index contributed by atoms with van der Waals surface area (Å²) in [7, 11) is 0. The average Bonchev–Trinajstić information content (AvgIpc) is 2.68. The Balaban J connectivity index is 1.79. The van der Waals surface area contributed by atoms with Gasteiger partial charge >= 0.3 is 5.97 Å². The standard InChI is InChI=1S/C21H22BrNO4/c1-3-26-21(25)18-12-13-23(19-7-5-4-6-17(18)19)20(24)14(2)27-16-10-8-15(22)9-11-16/h4-11,14,18H,3,12-13H2,1-2H3/t14-,18-/m0/s1. The maximum absolute atomic E-state index is 13.0. The molecule has 1 heterocycles. The Morgan fingerprint density at radius 2 is 1.89 bits per heavy atom. The van der Waals surface area contributed by atoms with Crippen LogP contribution in [-0.4, -0.2) is 31.1 Å². The van der Waals surface area contributed by atoms with Crippen LogP contribution in [-0.2, 0) is 14.3 Å². The molecule has 6 heteroatoms. The third-order valence-corrected chi connectivity index (χ3v) is 5.08. The molecule has 0 spiro atoms. The van der Waals surface area contributed by atoms with Gasteiger partial charge in [0.15, 0.2) is 6.10 Å². The first-order chi connectivity index (χ1) is 13.0. The van der Waals surface area contributed by atoms with Crippen molar-refractivity contribution in [3.63, 3.8) is 0 Å². The Labute approximate surface area is 167 Å². The molecule has 2 aromatic carbocycles. The third-order valence-electron chi connectivity index (χ3n) is 4.56. The quantitative estimate of drug-likeness (QED) is 0.662. The van der Waals surface area contributed by atoms with Crippen molar-refractivity contribution in [2.45, 2.75) is 32.3 Å². The Bertz CT molecular complexity index is 821. The van der Waals surface area contributed by atoms with Gasteiger partial charge in [0.1, 0.15) is 5.75 Å². The van der Waals surface area contributed by atoms with Crippen molar-refractivity contribution in [2.75, 3.05) is 18.1 Å². The zero-order valence-corrected chi connectivity index (χ0v) is 16.9. The number of hydrogen-bond donors (Lipinski definition) is 0. The third kappa shape index (κ3) is 4.33. The zero-order valence-electron chi connectivity index (χ0n) is 15.4. The summed E-state index contributed by atoms with van der Waals surface area (Å²) in [6.07, 6.45) is -0.106. The Hall–Kier alpha value is -2.34. The fourth-order valence-corrected chi connectivity index (χ4v) is 3.53. The smallest absolute Gasteiger partial charge is 0.313 e. The summed E-state index contributed by atoms with van der Waals surface area (Å²) in [6.45, 7) is 4.33. The number of halogens is 1. The molecule has 0 aromatic heterocycles. The van der Waals surface area contributed by atoms with E-state index < -0.39 is 6.10 Å². The maximum atomic E-state index is 13.0. The first kappa shape index (κ1) is 19.4. The van der Waals surface area contributed by atoms with Crippen LogP contribution in [0.3, 0.4) is 0 Å². The highest BCUT2D eigenvalue weighted by Crippen LogP contribution is 2.36. The molecule has 0 saturated heterocycles. The lowest BCUT2D eigenvalue weighted by Crippen LogP contribution is -2.44. The van der Waals surface area contributed by atoms with Crippen LogP contribution in [0.2, 0.25) is 0 Å². The molecule has 1 aliphatic rings. The molecule has 0 saturated carbocycles. The van der Waals surface area contributed by atoms with E-state index in [-0.39, 0.29) is 17.8 Å². The highest BCUT2D eigenvalue weighted by molar-refractivity contribution is 9.10. The van der Waals surface area contributed by atoms with Crippen LogP contribution in [0, 0.1) is 0 Å². The summed E-state index contributed by atoms with van der Waals surface area (Å²) in [5.74, 6) is -0.0782. The monoisotopic (exact) mass is 431 g/mol. The van der Waals surface area contributed by atoms with E-state index in [1.807, 2.05) is 48.5 Å². The molecule has 0 aliphatic carbocycles. The van der Waals surface area contributed by atoms with Crippen molar-refractivity contribution in [1.82, 2.24) is 0 Å². The molecule has 0 bridgehead atoms. The number of hydrogen-bond acceptors (Lipinski definition) is 4. The van der Waals surface area contributed by atoms with E-state index in [4.69, 9.17) is 9.47 Å². The van der Waals surface area contributed by atoms with Gasteiger partial charge in [-0.25, -0.2) is 0 Å². The lowest BCUT2D eigenvalue weighted by atomic mass is 9.89. The summed E-state index contributed by atoms with van der Waals surface area (Å²) in [5.41, 5.74) is 1.57. The number of fused-ring (bicyclic) bond motifs is 1. The van der Waals surface area contributed by atoms with E-state index in [0.29, 0.717) is 25.3 Å². The van der Waals surface area contributed by atoms with E-state index in [1.54, 1.807) is 18.7 Å². The fourth-order valence-electron chi connectivity index (χ4n) is 3.27. The average molecular weight is 432 g/mol. The molecule has 5 nitrogen and oxygen atoms in total. The number of amides is 1. The molecular formula is C21H22BrNO4. The molecule has 142 valence electrons. The number of rotatable bonds is 5. The molecule has 2 aromatic rings. The number of anilines is 1. The number of para-hydroxylation sites is 1. The lowest BCUT2D eigenvalue weighted by Gasteiger charge is -2.34. The predicted molar refractivity (Wildman–Crippen MR) is 107 cm³/mol. The minimum absolute atomic E-state index is 0.132. The Kier molecular flexibility index (Phi) is 6.16. The van der Waals surface area contributed by atoms with E-state index in [2.05, 4.69) is 15.9 Å². The van der Waals surface area contributed by atoms with Gasteiger partial charge in [0.05, 0.1) is 12.5 Å². The largest absolute Gasteiger partial charge is 0.481 e. The van der Waals surface area contributed by atoms with Gasteiger partial charge in [0, 0.05) is 16.7 Å². The molecule has 0 unspecified atom stereocenters. The highest BCUT2D eigenvalue weighted by Gasteiger charge is 2.35. The van der Waals surface area contributed by atoms with Crippen molar-refractivity contribution in [3.05, 3.63) is 58.6 Å². The van der Waals surface area contributed by atoms with Crippen molar-refractivity contribution < 1.29 is 19.1 Å². The second kappa shape index (κ2) is 8.57. The maximum Gasteiger partial charge on any atom is 0.313 e. The van der Waals surface area contributed by atoms with Crippen LogP contribution in [0.4, 0.5) is 5.69 Å². The molecule has 2 atom stereocenters. The van der Waals surface area contributed by atoms with Crippen LogP contribution in [0.25, 0.3) is 0 Å². The zero-order chi connectivity index (χ0) is 19.4. The van der Waals surface area contributed by atoms with Crippen LogP contribution >= 0.6 is 15.9 Å². The normalized spacial score (nSPS) is 17.0. The van der Waals surface area contributed by atoms with E-state index in [0.717, 1.165) is 15.7 Å². The Morgan fingerprint density at radius 3 is 2.59 bits per heavy atom. The van der Waals surface area contributed by atoms with Crippen LogP contribution in [0.1, 0.15) is 31.7 Å². The number of nitrogens with zero attached hydrogens (tertiary/aromatic N) is 1. The van der Waals surface area contributed by atoms with Gasteiger partial charge in [0.25, 0.3) is 5.91 Å². The second-order valence-electron chi connectivity index (χ2n) is 6.36. The van der Waals surface area contributed by atoms with Crippen molar-refractivity contribution in [3.8, 4) is 5.75 Å². The molecule has 1 amide bonds. The summed E-state index contributed by atoms with van der Waals surface area (Å²) in [4.78, 5) is 27.0. The number of carbonyl (C=O) groups is 2. The van der Waals surface area contributed by atoms with Crippen molar-refractivity contribution in [2.24, 2.45) is 0 Å². The number of carbonyl (C=O) groups excluding carboxylic acids is 2. The first-order valence-electron chi connectivity index (χ1n) is 9.00. The van der Waals surface area contributed by atoms with Gasteiger partial charge in [-0.3, -0.25) is 9.59 Å². The first-order valence-corrected chi connectivity index (χ1v) is 9.79. The molecular weight excluding hydrogens is 410 g/mol. The fraction of sp³-hybridized carbons (Fsp3) is 0.333. The molecule has 0 radical (unpaired) electrons. The summed E-state index contributed by atoms with van der Waals surface area (Å²) in [5, 5.41) is 0. The molecule has 0 fully saturated rings. The predicted octanol–water partition coefficient (Wildman–Crippen LogP) is 4.30. The topological polar surface area (TPSA) is 55.8 Å². The van der Waals surface area contributed by atoms with Gasteiger partial charge in [-0.1, -0.05) is 34.1 Å². The minimum Gasteiger partial charge on any atom is -0.481 e. The van der Waals surface area contributed by atoms with Crippen molar-refractivity contribution >= 4 is 33.5 Å². The van der Waals surface area contributed by atoms with Gasteiger partial charge < -0.3 is 14.4 Å². The summed E-state index contributed by atoms with van der Waals surface area (Å²) < 4.78 is 12.0. The van der Waals surface area contributed by atoms with Gasteiger partial charge in [0.2, 0.25) is 0 Å². The number of benzene rings is 2. The summed E-state index contributed by atoms with van der Waals surface area (Å²) in [6, 6.07) is 14.9. The van der Waals surface area contributed by atoms with E-state index in [9.17, 15) is 9.59 Å². The van der Waals surface area contributed by atoms with Crippen LogP contribution in [0.15, 0.2) is 53.0 Å². The minimum atomic E-state index is -0.640. The van der Waals surface area contributed by atoms with Gasteiger partial charge in [-0.2, -0.15) is 0 Å². The SMILES string of the molecule is CCOC(=O)[C@H]1CCN(C(=O)[C@H](C)Oc2ccc(Br)cc2)c2ccccc21. The lowest BCUT2D eigenvalue weighted by molar-refractivity contribution is -0.145. The molecule has 27 heavy (non-hydrogen) atoms. The van der Waals surface area contributed by atoms with Crippen LogP contribution < -0.4 is 9.64 Å². The molecule has 0 N–H and O–H groups in total. The highest BCUT2D eigenvalue weighted by atomic mass is 79.9. The van der Waals surface area contributed by atoms with Gasteiger partial charge in [-0.05, 0) is 56.2 Å². The number of esters is 1. The second-order valence-corrected chi connectivity index (χ2v) is 7.27. The number of ether oxygens (including phenoxy) is 2. The molecule has 1 aliphatic heterocycles. The summed E-state index contributed by atoms with van der Waals surface area (Å²) >= 11 is 3.38. The van der Waals surface area contributed by atoms with E-state index in [1.165, 1.54) is 0 Å². The van der Waals surface area contributed by atoms with Crippen LogP contribution in [0.5, 0.6) is 5.75 Å². The van der Waals surface area contributed by atoms with Crippen molar-refractivity contribution in [1.29, 1.82) is 0 Å². The Morgan fingerprint density at radius 1 is 1.19 bits per heavy atom. The van der Waals surface area contributed by atoms with Gasteiger partial charge in [-0.15, -0.1) is 0 Å². The molecule has 3 rings (SSSR count).